The molecule has 3 aromatic carbocycles. The number of benzene rings is 3. The maximum atomic E-state index is 12.7. The van der Waals surface area contributed by atoms with Crippen molar-refractivity contribution in [3.05, 3.63) is 95.1 Å². The van der Waals surface area contributed by atoms with Crippen molar-refractivity contribution in [2.24, 2.45) is 0 Å². The molecule has 0 fully saturated rings. The molecular formula is C29H29N3O. The summed E-state index contributed by atoms with van der Waals surface area (Å²) < 4.78 is 0. The van der Waals surface area contributed by atoms with Gasteiger partial charge in [0.1, 0.15) is 5.82 Å². The van der Waals surface area contributed by atoms with Gasteiger partial charge in [-0.25, -0.2) is 4.98 Å². The van der Waals surface area contributed by atoms with E-state index in [2.05, 4.69) is 60.5 Å². The number of hydrogen-bond acceptors (Lipinski definition) is 3. The van der Waals surface area contributed by atoms with Gasteiger partial charge in [-0.05, 0) is 91.4 Å². The van der Waals surface area contributed by atoms with Gasteiger partial charge in [0.2, 0.25) is 0 Å². The van der Waals surface area contributed by atoms with Crippen LogP contribution in [0.5, 0.6) is 0 Å². The molecule has 1 N–H and O–H groups in total. The second-order valence-corrected chi connectivity index (χ2v) is 8.87. The van der Waals surface area contributed by atoms with Crippen LogP contribution in [0.25, 0.3) is 10.9 Å². The number of hydrogen-bond donors (Lipinski definition) is 1. The van der Waals surface area contributed by atoms with E-state index in [1.807, 2.05) is 36.4 Å². The van der Waals surface area contributed by atoms with E-state index in [-0.39, 0.29) is 5.91 Å². The van der Waals surface area contributed by atoms with Crippen LogP contribution in [0.1, 0.15) is 46.8 Å². The van der Waals surface area contributed by atoms with Crippen LogP contribution in [0.15, 0.2) is 72.8 Å². The average molecular weight is 436 g/mol. The first-order valence-electron chi connectivity index (χ1n) is 11.8. The zero-order chi connectivity index (χ0) is 22.8. The molecule has 0 radical (unpaired) electrons. The lowest BCUT2D eigenvalue weighted by Crippen LogP contribution is -2.15. The monoisotopic (exact) mass is 435 g/mol. The number of amides is 1. The summed E-state index contributed by atoms with van der Waals surface area (Å²) in [5.41, 5.74) is 7.35. The molecule has 0 atom stereocenters. The quantitative estimate of drug-likeness (QED) is 0.361. The van der Waals surface area contributed by atoms with Gasteiger partial charge in [-0.1, -0.05) is 37.6 Å². The minimum Gasteiger partial charge on any atom is -0.326 e. The molecule has 2 heterocycles. The van der Waals surface area contributed by atoms with E-state index in [1.165, 1.54) is 34.9 Å². The second-order valence-electron chi connectivity index (χ2n) is 8.87. The van der Waals surface area contributed by atoms with Gasteiger partial charge in [-0.3, -0.25) is 4.79 Å². The number of aromatic nitrogens is 1. The molecule has 4 heteroatoms. The molecule has 0 saturated heterocycles. The largest absolute Gasteiger partial charge is 0.326 e. The van der Waals surface area contributed by atoms with Crippen molar-refractivity contribution in [3.8, 4) is 0 Å². The number of anilines is 3. The van der Waals surface area contributed by atoms with Crippen LogP contribution in [0.2, 0.25) is 0 Å². The van der Waals surface area contributed by atoms with E-state index in [4.69, 9.17) is 4.98 Å². The van der Waals surface area contributed by atoms with E-state index >= 15 is 0 Å². The Morgan fingerprint density at radius 3 is 2.55 bits per heavy atom. The van der Waals surface area contributed by atoms with Crippen LogP contribution in [-0.4, -0.2) is 17.4 Å². The van der Waals surface area contributed by atoms with Crippen LogP contribution >= 0.6 is 0 Å². The lowest BCUT2D eigenvalue weighted by atomic mass is 10.1. The van der Waals surface area contributed by atoms with E-state index in [1.54, 1.807) is 0 Å². The number of fused-ring (bicyclic) bond motifs is 2. The first-order valence-corrected chi connectivity index (χ1v) is 11.8. The smallest absolute Gasteiger partial charge is 0.255 e. The molecule has 33 heavy (non-hydrogen) atoms. The molecule has 0 spiro atoms. The van der Waals surface area contributed by atoms with Crippen LogP contribution in [0, 0.1) is 6.92 Å². The standard InChI is InChI=1S/C29H29N3O/c1-3-4-5-21-7-12-25(13-8-21)30-29(33)22-10-14-26(15-11-22)32-17-16-24-19-23-9-6-20(2)18-27(23)31-28(24)32/h6-15,18-19H,3-5,16-17H2,1-2H3,(H,30,33). The Labute approximate surface area is 195 Å². The van der Waals surface area contributed by atoms with Crippen LogP contribution in [0.4, 0.5) is 17.2 Å². The zero-order valence-corrected chi connectivity index (χ0v) is 19.3. The highest BCUT2D eigenvalue weighted by atomic mass is 16.1. The van der Waals surface area contributed by atoms with Crippen LogP contribution < -0.4 is 10.2 Å². The Hall–Kier alpha value is -3.66. The summed E-state index contributed by atoms with van der Waals surface area (Å²) in [6, 6.07) is 24.6. The third-order valence-corrected chi connectivity index (χ3v) is 6.36. The molecular weight excluding hydrogens is 406 g/mol. The predicted molar refractivity (Wildman–Crippen MR) is 137 cm³/mol. The van der Waals surface area contributed by atoms with Crippen molar-refractivity contribution in [3.63, 3.8) is 0 Å². The highest BCUT2D eigenvalue weighted by molar-refractivity contribution is 6.04. The number of nitrogens with one attached hydrogen (secondary N) is 1. The van der Waals surface area contributed by atoms with Crippen molar-refractivity contribution < 1.29 is 4.79 Å². The van der Waals surface area contributed by atoms with Gasteiger partial charge >= 0.3 is 0 Å². The molecule has 0 aliphatic carbocycles. The van der Waals surface area contributed by atoms with Gasteiger partial charge in [-0.2, -0.15) is 0 Å². The number of pyridine rings is 1. The van der Waals surface area contributed by atoms with Crippen LogP contribution in [0.3, 0.4) is 0 Å². The molecule has 1 amide bonds. The number of carbonyl (C=O) groups excluding carboxylic acids is 1. The summed E-state index contributed by atoms with van der Waals surface area (Å²) in [5.74, 6) is 0.928. The Morgan fingerprint density at radius 1 is 1.00 bits per heavy atom. The highest BCUT2D eigenvalue weighted by Crippen LogP contribution is 2.35. The average Bonchev–Trinajstić information content (AvgIpc) is 3.25. The molecule has 5 rings (SSSR count). The highest BCUT2D eigenvalue weighted by Gasteiger charge is 2.23. The van der Waals surface area contributed by atoms with Gasteiger partial charge in [0.15, 0.2) is 0 Å². The van der Waals surface area contributed by atoms with Gasteiger partial charge in [0.25, 0.3) is 5.91 Å². The Morgan fingerprint density at radius 2 is 1.79 bits per heavy atom. The second kappa shape index (κ2) is 9.07. The maximum Gasteiger partial charge on any atom is 0.255 e. The lowest BCUT2D eigenvalue weighted by Gasteiger charge is -2.19. The van der Waals surface area contributed by atoms with Gasteiger partial charge in [-0.15, -0.1) is 0 Å². The molecule has 1 aliphatic rings. The third-order valence-electron chi connectivity index (χ3n) is 6.36. The van der Waals surface area contributed by atoms with E-state index in [0.29, 0.717) is 5.56 Å². The molecule has 166 valence electrons. The Kier molecular flexibility index (Phi) is 5.82. The zero-order valence-electron chi connectivity index (χ0n) is 19.3. The fourth-order valence-corrected chi connectivity index (χ4v) is 4.45. The molecule has 0 saturated carbocycles. The van der Waals surface area contributed by atoms with E-state index < -0.39 is 0 Å². The topological polar surface area (TPSA) is 45.2 Å². The number of nitrogens with zero attached hydrogens (tertiary/aromatic N) is 2. The molecule has 4 aromatic rings. The van der Waals surface area contributed by atoms with Crippen molar-refractivity contribution >= 4 is 34.0 Å². The SMILES string of the molecule is CCCCc1ccc(NC(=O)c2ccc(N3CCc4cc5ccc(C)cc5nc43)cc2)cc1. The molecule has 0 unspecified atom stereocenters. The summed E-state index contributed by atoms with van der Waals surface area (Å²) in [4.78, 5) is 19.9. The van der Waals surface area contributed by atoms with Crippen molar-refractivity contribution in [1.29, 1.82) is 0 Å². The Balaban J connectivity index is 1.31. The number of aryl methyl sites for hydroxylation is 2. The molecule has 1 aromatic heterocycles. The summed E-state index contributed by atoms with van der Waals surface area (Å²) in [7, 11) is 0. The van der Waals surface area contributed by atoms with E-state index in [9.17, 15) is 4.79 Å². The fourth-order valence-electron chi connectivity index (χ4n) is 4.45. The number of unbranched alkanes of at least 4 members (excludes halogenated alkanes) is 1. The van der Waals surface area contributed by atoms with Crippen molar-refractivity contribution in [2.75, 3.05) is 16.8 Å². The minimum absolute atomic E-state index is 0.0933. The number of carbonyl (C=O) groups is 1. The summed E-state index contributed by atoms with van der Waals surface area (Å²) in [5, 5.41) is 4.19. The minimum atomic E-state index is -0.0933. The van der Waals surface area contributed by atoms with Gasteiger partial charge in [0.05, 0.1) is 5.52 Å². The van der Waals surface area contributed by atoms with Gasteiger partial charge < -0.3 is 10.2 Å². The third kappa shape index (κ3) is 4.47. The van der Waals surface area contributed by atoms with E-state index in [0.717, 1.165) is 42.1 Å². The van der Waals surface area contributed by atoms with Gasteiger partial charge in [0, 0.05) is 28.9 Å². The lowest BCUT2D eigenvalue weighted by molar-refractivity contribution is 0.102. The summed E-state index contributed by atoms with van der Waals surface area (Å²) >= 11 is 0. The molecule has 1 aliphatic heterocycles. The van der Waals surface area contributed by atoms with Crippen molar-refractivity contribution in [2.45, 2.75) is 39.5 Å². The first-order chi connectivity index (χ1) is 16.1. The Bertz CT molecular complexity index is 1290. The normalized spacial score (nSPS) is 12.7. The molecule has 0 bridgehead atoms. The maximum absolute atomic E-state index is 12.7. The predicted octanol–water partition coefficient (Wildman–Crippen LogP) is 6.83. The number of rotatable bonds is 6. The van der Waals surface area contributed by atoms with Crippen LogP contribution in [-0.2, 0) is 12.8 Å². The fraction of sp³-hybridized carbons (Fsp3) is 0.241. The first kappa shape index (κ1) is 21.2. The molecule has 4 nitrogen and oxygen atoms in total. The van der Waals surface area contributed by atoms with Crippen molar-refractivity contribution in [1.82, 2.24) is 4.98 Å². The summed E-state index contributed by atoms with van der Waals surface area (Å²) in [6.07, 6.45) is 4.42. The summed E-state index contributed by atoms with van der Waals surface area (Å²) in [6.45, 7) is 5.19.